The average molecular weight is 277 g/mol. The van der Waals surface area contributed by atoms with Gasteiger partial charge in [-0.2, -0.15) is 0 Å². The molecule has 0 saturated heterocycles. The van der Waals surface area contributed by atoms with Gasteiger partial charge in [0.1, 0.15) is 0 Å². The Labute approximate surface area is 104 Å². The lowest BCUT2D eigenvalue weighted by Gasteiger charge is -2.17. The second kappa shape index (κ2) is 5.28. The first-order valence-electron chi connectivity index (χ1n) is 5.21. The molecular weight excluding hydrogens is 264 g/mol. The Morgan fingerprint density at radius 1 is 0.750 bits per heavy atom. The Kier molecular flexibility index (Phi) is 3.75. The van der Waals surface area contributed by atoms with Gasteiger partial charge in [-0.25, -0.2) is 0 Å². The molecule has 0 amide bonds. The van der Waals surface area contributed by atoms with E-state index in [1.807, 2.05) is 60.7 Å². The molecule has 0 aliphatic heterocycles. The first-order valence-corrected chi connectivity index (χ1v) is 6.12. The SMILES string of the molecule is O[C@H](c1ccccc1)[C@H](Br)c1ccccc1. The summed E-state index contributed by atoms with van der Waals surface area (Å²) in [6.45, 7) is 0. The minimum Gasteiger partial charge on any atom is -0.387 e. The summed E-state index contributed by atoms with van der Waals surface area (Å²) in [4.78, 5) is -0.0731. The molecule has 1 nitrogen and oxygen atoms in total. The Morgan fingerprint density at radius 2 is 1.19 bits per heavy atom. The molecule has 0 fully saturated rings. The Balaban J connectivity index is 2.20. The fraction of sp³-hybridized carbons (Fsp3) is 0.143. The summed E-state index contributed by atoms with van der Waals surface area (Å²) in [6.07, 6.45) is -0.524. The van der Waals surface area contributed by atoms with Crippen molar-refractivity contribution in [2.75, 3.05) is 0 Å². The van der Waals surface area contributed by atoms with Gasteiger partial charge in [0.05, 0.1) is 10.9 Å². The maximum Gasteiger partial charge on any atom is 0.0955 e. The van der Waals surface area contributed by atoms with E-state index in [4.69, 9.17) is 0 Å². The predicted octanol–water partition coefficient (Wildman–Crippen LogP) is 3.86. The van der Waals surface area contributed by atoms with Crippen molar-refractivity contribution in [3.63, 3.8) is 0 Å². The van der Waals surface area contributed by atoms with Crippen molar-refractivity contribution >= 4 is 15.9 Å². The van der Waals surface area contributed by atoms with Crippen LogP contribution in [0.1, 0.15) is 22.1 Å². The normalized spacial score (nSPS) is 14.4. The van der Waals surface area contributed by atoms with Gasteiger partial charge in [-0.1, -0.05) is 76.6 Å². The molecular formula is C14H13BrO. The van der Waals surface area contributed by atoms with Crippen LogP contribution in [0.15, 0.2) is 60.7 Å². The number of rotatable bonds is 3. The fourth-order valence-corrected chi connectivity index (χ4v) is 2.25. The molecule has 2 aromatic rings. The van der Waals surface area contributed by atoms with E-state index >= 15 is 0 Å². The van der Waals surface area contributed by atoms with E-state index in [2.05, 4.69) is 15.9 Å². The first kappa shape index (κ1) is 11.4. The fourth-order valence-electron chi connectivity index (χ4n) is 1.64. The largest absolute Gasteiger partial charge is 0.387 e. The number of hydrogen-bond acceptors (Lipinski definition) is 1. The first-order chi connectivity index (χ1) is 7.79. The van der Waals surface area contributed by atoms with Gasteiger partial charge in [-0.3, -0.25) is 0 Å². The number of alkyl halides is 1. The van der Waals surface area contributed by atoms with Crippen molar-refractivity contribution in [2.24, 2.45) is 0 Å². The van der Waals surface area contributed by atoms with Crippen LogP contribution in [0.3, 0.4) is 0 Å². The molecule has 16 heavy (non-hydrogen) atoms. The highest BCUT2D eigenvalue weighted by atomic mass is 79.9. The highest BCUT2D eigenvalue weighted by Gasteiger charge is 2.18. The summed E-state index contributed by atoms with van der Waals surface area (Å²) in [5.41, 5.74) is 2.01. The number of hydrogen-bond donors (Lipinski definition) is 1. The monoisotopic (exact) mass is 276 g/mol. The molecule has 1 N–H and O–H groups in total. The number of aliphatic hydroxyl groups excluding tert-OH is 1. The zero-order valence-corrected chi connectivity index (χ0v) is 10.3. The van der Waals surface area contributed by atoms with Gasteiger partial charge in [0.2, 0.25) is 0 Å². The quantitative estimate of drug-likeness (QED) is 0.845. The number of benzene rings is 2. The summed E-state index contributed by atoms with van der Waals surface area (Å²) < 4.78 is 0. The van der Waals surface area contributed by atoms with E-state index in [0.29, 0.717) is 0 Å². The van der Waals surface area contributed by atoms with Crippen LogP contribution in [0, 0.1) is 0 Å². The third-order valence-electron chi connectivity index (χ3n) is 2.54. The molecule has 0 unspecified atom stereocenters. The number of halogens is 1. The average Bonchev–Trinajstić information content (AvgIpc) is 2.39. The second-order valence-electron chi connectivity index (χ2n) is 3.67. The lowest BCUT2D eigenvalue weighted by Crippen LogP contribution is -2.04. The smallest absolute Gasteiger partial charge is 0.0955 e. The Hall–Kier alpha value is -1.12. The highest BCUT2D eigenvalue weighted by molar-refractivity contribution is 9.09. The summed E-state index contributed by atoms with van der Waals surface area (Å²) in [6, 6.07) is 19.6. The van der Waals surface area contributed by atoms with Crippen molar-refractivity contribution in [3.8, 4) is 0 Å². The van der Waals surface area contributed by atoms with Gasteiger partial charge in [0, 0.05) is 0 Å². The third kappa shape index (κ3) is 2.52. The Morgan fingerprint density at radius 3 is 1.69 bits per heavy atom. The van der Waals surface area contributed by atoms with Crippen molar-refractivity contribution < 1.29 is 5.11 Å². The maximum absolute atomic E-state index is 10.2. The lowest BCUT2D eigenvalue weighted by molar-refractivity contribution is 0.177. The van der Waals surface area contributed by atoms with E-state index in [1.54, 1.807) is 0 Å². The standard InChI is InChI=1S/C14H13BrO/c15-13(11-7-3-1-4-8-11)14(16)12-9-5-2-6-10-12/h1-10,13-14,16H/t13-,14-/m1/s1. The summed E-state index contributed by atoms with van der Waals surface area (Å²) in [5, 5.41) is 10.2. The van der Waals surface area contributed by atoms with Crippen LogP contribution in [0.25, 0.3) is 0 Å². The van der Waals surface area contributed by atoms with Crippen LogP contribution in [0.2, 0.25) is 0 Å². The van der Waals surface area contributed by atoms with Crippen molar-refractivity contribution in [3.05, 3.63) is 71.8 Å². The molecule has 0 aliphatic carbocycles. The third-order valence-corrected chi connectivity index (χ3v) is 3.57. The molecule has 2 atom stereocenters. The van der Waals surface area contributed by atoms with Crippen LogP contribution in [-0.2, 0) is 0 Å². The highest BCUT2D eigenvalue weighted by Crippen LogP contribution is 2.35. The van der Waals surface area contributed by atoms with Gasteiger partial charge in [0.25, 0.3) is 0 Å². The van der Waals surface area contributed by atoms with E-state index in [-0.39, 0.29) is 4.83 Å². The molecule has 2 heteroatoms. The predicted molar refractivity (Wildman–Crippen MR) is 69.5 cm³/mol. The van der Waals surface area contributed by atoms with E-state index in [0.717, 1.165) is 11.1 Å². The van der Waals surface area contributed by atoms with Gasteiger partial charge in [-0.15, -0.1) is 0 Å². The minimum atomic E-state index is -0.524. The summed E-state index contributed by atoms with van der Waals surface area (Å²) in [5.74, 6) is 0. The van der Waals surface area contributed by atoms with Crippen LogP contribution >= 0.6 is 15.9 Å². The molecule has 2 rings (SSSR count). The van der Waals surface area contributed by atoms with Gasteiger partial charge >= 0.3 is 0 Å². The molecule has 0 bridgehead atoms. The van der Waals surface area contributed by atoms with E-state index < -0.39 is 6.10 Å². The van der Waals surface area contributed by atoms with Crippen LogP contribution in [0.4, 0.5) is 0 Å². The zero-order chi connectivity index (χ0) is 11.4. The molecule has 0 aliphatic rings. The van der Waals surface area contributed by atoms with Crippen molar-refractivity contribution in [2.45, 2.75) is 10.9 Å². The molecule has 0 aromatic heterocycles. The lowest BCUT2D eigenvalue weighted by atomic mass is 10.0. The Bertz CT molecular complexity index is 384. The van der Waals surface area contributed by atoms with Crippen LogP contribution < -0.4 is 0 Å². The summed E-state index contributed by atoms with van der Waals surface area (Å²) in [7, 11) is 0. The minimum absolute atomic E-state index is 0.0731. The van der Waals surface area contributed by atoms with Gasteiger partial charge in [-0.05, 0) is 11.1 Å². The maximum atomic E-state index is 10.2. The molecule has 0 radical (unpaired) electrons. The topological polar surface area (TPSA) is 20.2 Å². The van der Waals surface area contributed by atoms with E-state index in [1.165, 1.54) is 0 Å². The zero-order valence-electron chi connectivity index (χ0n) is 8.75. The van der Waals surface area contributed by atoms with Crippen molar-refractivity contribution in [1.29, 1.82) is 0 Å². The van der Waals surface area contributed by atoms with Gasteiger partial charge < -0.3 is 5.11 Å². The second-order valence-corrected chi connectivity index (χ2v) is 4.65. The van der Waals surface area contributed by atoms with Crippen LogP contribution in [-0.4, -0.2) is 5.11 Å². The van der Waals surface area contributed by atoms with Gasteiger partial charge in [0.15, 0.2) is 0 Å². The van der Waals surface area contributed by atoms with E-state index in [9.17, 15) is 5.11 Å². The molecule has 2 aromatic carbocycles. The number of aliphatic hydroxyl groups is 1. The summed E-state index contributed by atoms with van der Waals surface area (Å²) >= 11 is 3.54. The molecule has 0 spiro atoms. The van der Waals surface area contributed by atoms with Crippen molar-refractivity contribution in [1.82, 2.24) is 0 Å². The van der Waals surface area contributed by atoms with Crippen LogP contribution in [0.5, 0.6) is 0 Å². The molecule has 82 valence electrons. The molecule has 0 saturated carbocycles. The molecule has 0 heterocycles.